The standard InChI is InChI=1S/C21H31F3N2O5/c1-13(25-17(27)30-19(2,3)4)11-29-12-14-8-9-15(21(22,23)24)16(10-14)26-18(28)31-20(5,6)7/h8-10,13H,11-12H2,1-7H3,(H,25,27)(H,26,28)/t13-/m1/s1. The van der Waals surface area contributed by atoms with Gasteiger partial charge in [0.2, 0.25) is 0 Å². The highest BCUT2D eigenvalue weighted by atomic mass is 19.4. The summed E-state index contributed by atoms with van der Waals surface area (Å²) >= 11 is 0. The Hall–Kier alpha value is -2.49. The number of benzene rings is 1. The van der Waals surface area contributed by atoms with E-state index in [1.165, 1.54) is 12.1 Å². The molecule has 1 rings (SSSR count). The van der Waals surface area contributed by atoms with Crippen LogP contribution in [-0.4, -0.2) is 36.0 Å². The second-order valence-corrected chi connectivity index (χ2v) is 9.07. The van der Waals surface area contributed by atoms with E-state index in [0.29, 0.717) is 5.56 Å². The van der Waals surface area contributed by atoms with Crippen LogP contribution in [-0.2, 0) is 27.0 Å². The first-order chi connectivity index (χ1) is 14.0. The van der Waals surface area contributed by atoms with Gasteiger partial charge in [-0.25, -0.2) is 9.59 Å². The summed E-state index contributed by atoms with van der Waals surface area (Å²) in [6.45, 7) is 11.8. The lowest BCUT2D eigenvalue weighted by Gasteiger charge is -2.22. The lowest BCUT2D eigenvalue weighted by atomic mass is 10.1. The van der Waals surface area contributed by atoms with Crippen LogP contribution in [0.3, 0.4) is 0 Å². The monoisotopic (exact) mass is 448 g/mol. The Balaban J connectivity index is 2.77. The SMILES string of the molecule is C[C@H](COCc1ccc(C(F)(F)F)c(NC(=O)OC(C)(C)C)c1)NC(=O)OC(C)(C)C. The van der Waals surface area contributed by atoms with Gasteiger partial charge in [0.1, 0.15) is 11.2 Å². The lowest BCUT2D eigenvalue weighted by molar-refractivity contribution is -0.136. The van der Waals surface area contributed by atoms with Gasteiger partial charge in [-0.05, 0) is 66.2 Å². The van der Waals surface area contributed by atoms with Crippen molar-refractivity contribution >= 4 is 17.9 Å². The number of alkyl halides is 3. The Bertz CT molecular complexity index is 768. The van der Waals surface area contributed by atoms with Crippen LogP contribution >= 0.6 is 0 Å². The molecule has 2 N–H and O–H groups in total. The number of hydrogen-bond donors (Lipinski definition) is 2. The number of carbonyl (C=O) groups excluding carboxylic acids is 2. The van der Waals surface area contributed by atoms with Gasteiger partial charge in [-0.1, -0.05) is 6.07 Å². The zero-order chi connectivity index (χ0) is 24.0. The highest BCUT2D eigenvalue weighted by Gasteiger charge is 2.34. The molecule has 7 nitrogen and oxygen atoms in total. The van der Waals surface area contributed by atoms with Crippen molar-refractivity contribution in [1.82, 2.24) is 5.32 Å². The number of ether oxygens (including phenoxy) is 3. The van der Waals surface area contributed by atoms with Crippen molar-refractivity contribution in [2.75, 3.05) is 11.9 Å². The second-order valence-electron chi connectivity index (χ2n) is 9.07. The Labute approximate surface area is 180 Å². The number of hydrogen-bond acceptors (Lipinski definition) is 5. The first kappa shape index (κ1) is 26.5. The molecule has 0 aliphatic rings. The molecule has 0 radical (unpaired) electrons. The summed E-state index contributed by atoms with van der Waals surface area (Å²) in [4.78, 5) is 23.7. The van der Waals surface area contributed by atoms with E-state index in [1.54, 1.807) is 48.5 Å². The van der Waals surface area contributed by atoms with Gasteiger partial charge < -0.3 is 19.5 Å². The van der Waals surface area contributed by atoms with Crippen molar-refractivity contribution in [3.05, 3.63) is 29.3 Å². The summed E-state index contributed by atoms with van der Waals surface area (Å²) in [6.07, 6.45) is -6.25. The fourth-order valence-electron chi connectivity index (χ4n) is 2.35. The Kier molecular flexibility index (Phi) is 8.74. The minimum atomic E-state index is -4.66. The van der Waals surface area contributed by atoms with Gasteiger partial charge in [-0.2, -0.15) is 13.2 Å². The van der Waals surface area contributed by atoms with Crippen molar-refractivity contribution in [2.24, 2.45) is 0 Å². The van der Waals surface area contributed by atoms with Gasteiger partial charge in [0, 0.05) is 0 Å². The van der Waals surface area contributed by atoms with E-state index in [1.807, 2.05) is 0 Å². The van der Waals surface area contributed by atoms with E-state index in [9.17, 15) is 22.8 Å². The first-order valence-corrected chi connectivity index (χ1v) is 9.73. The van der Waals surface area contributed by atoms with Gasteiger partial charge >= 0.3 is 18.4 Å². The number of halogens is 3. The van der Waals surface area contributed by atoms with Gasteiger partial charge in [0.05, 0.1) is 30.5 Å². The van der Waals surface area contributed by atoms with Crippen molar-refractivity contribution in [3.63, 3.8) is 0 Å². The molecular formula is C21H31F3N2O5. The van der Waals surface area contributed by atoms with E-state index in [2.05, 4.69) is 10.6 Å². The quantitative estimate of drug-likeness (QED) is 0.602. The molecule has 31 heavy (non-hydrogen) atoms. The van der Waals surface area contributed by atoms with Gasteiger partial charge in [-0.3, -0.25) is 5.32 Å². The number of carbonyl (C=O) groups is 2. The largest absolute Gasteiger partial charge is 0.444 e. The molecule has 0 heterocycles. The molecule has 176 valence electrons. The molecule has 1 atom stereocenters. The number of alkyl carbamates (subject to hydrolysis) is 1. The summed E-state index contributed by atoms with van der Waals surface area (Å²) in [6, 6.07) is 2.92. The average Bonchev–Trinajstić information content (AvgIpc) is 2.49. The van der Waals surface area contributed by atoms with E-state index < -0.39 is 40.8 Å². The summed E-state index contributed by atoms with van der Waals surface area (Å²) in [5.41, 5.74) is -2.52. The molecule has 1 aromatic rings. The summed E-state index contributed by atoms with van der Waals surface area (Å²) in [7, 11) is 0. The molecule has 0 aliphatic carbocycles. The summed E-state index contributed by atoms with van der Waals surface area (Å²) < 4.78 is 55.5. The van der Waals surface area contributed by atoms with Crippen LogP contribution < -0.4 is 10.6 Å². The van der Waals surface area contributed by atoms with Crippen LogP contribution in [0.25, 0.3) is 0 Å². The van der Waals surface area contributed by atoms with Crippen LogP contribution in [0.5, 0.6) is 0 Å². The first-order valence-electron chi connectivity index (χ1n) is 9.73. The fourth-order valence-corrected chi connectivity index (χ4v) is 2.35. The third-order valence-electron chi connectivity index (χ3n) is 3.42. The van der Waals surface area contributed by atoms with E-state index in [0.717, 1.165) is 6.07 Å². The Morgan fingerprint density at radius 3 is 2.03 bits per heavy atom. The average molecular weight is 448 g/mol. The van der Waals surface area contributed by atoms with E-state index in [-0.39, 0.29) is 19.3 Å². The van der Waals surface area contributed by atoms with Gasteiger partial charge in [0.25, 0.3) is 0 Å². The number of anilines is 1. The van der Waals surface area contributed by atoms with Crippen LogP contribution in [0, 0.1) is 0 Å². The summed E-state index contributed by atoms with van der Waals surface area (Å²) in [5.74, 6) is 0. The third-order valence-corrected chi connectivity index (χ3v) is 3.42. The van der Waals surface area contributed by atoms with E-state index in [4.69, 9.17) is 14.2 Å². The van der Waals surface area contributed by atoms with E-state index >= 15 is 0 Å². The molecule has 0 bridgehead atoms. The minimum absolute atomic E-state index is 0.0263. The second kappa shape index (κ2) is 10.2. The van der Waals surface area contributed by atoms with Crippen LogP contribution in [0.15, 0.2) is 18.2 Å². The maximum atomic E-state index is 13.3. The molecule has 1 aromatic carbocycles. The molecule has 10 heteroatoms. The number of nitrogens with one attached hydrogen (secondary N) is 2. The molecule has 0 saturated heterocycles. The Morgan fingerprint density at radius 1 is 0.968 bits per heavy atom. The van der Waals surface area contributed by atoms with Gasteiger partial charge in [-0.15, -0.1) is 0 Å². The van der Waals surface area contributed by atoms with Crippen molar-refractivity contribution in [1.29, 1.82) is 0 Å². The lowest BCUT2D eigenvalue weighted by Crippen LogP contribution is -2.39. The highest BCUT2D eigenvalue weighted by Crippen LogP contribution is 2.35. The van der Waals surface area contributed by atoms with Crippen molar-refractivity contribution in [2.45, 2.75) is 78.5 Å². The molecule has 0 aromatic heterocycles. The third kappa shape index (κ3) is 10.9. The maximum Gasteiger partial charge on any atom is 0.418 e. The normalized spacial score (nSPS) is 13.4. The molecular weight excluding hydrogens is 417 g/mol. The molecule has 0 unspecified atom stereocenters. The zero-order valence-corrected chi connectivity index (χ0v) is 18.9. The predicted molar refractivity (Wildman–Crippen MR) is 110 cm³/mol. The fraction of sp³-hybridized carbons (Fsp3) is 0.619. The molecule has 0 spiro atoms. The smallest absolute Gasteiger partial charge is 0.418 e. The van der Waals surface area contributed by atoms with Crippen LogP contribution in [0.4, 0.5) is 28.4 Å². The predicted octanol–water partition coefficient (Wildman–Crippen LogP) is 5.48. The number of amides is 2. The molecule has 2 amide bonds. The molecule has 0 aliphatic heterocycles. The van der Waals surface area contributed by atoms with Crippen molar-refractivity contribution in [3.8, 4) is 0 Å². The molecule has 0 saturated carbocycles. The minimum Gasteiger partial charge on any atom is -0.444 e. The highest BCUT2D eigenvalue weighted by molar-refractivity contribution is 5.86. The topological polar surface area (TPSA) is 85.9 Å². The summed E-state index contributed by atoms with van der Waals surface area (Å²) in [5, 5.41) is 4.75. The Morgan fingerprint density at radius 2 is 1.52 bits per heavy atom. The maximum absolute atomic E-state index is 13.3. The molecule has 0 fully saturated rings. The van der Waals surface area contributed by atoms with Gasteiger partial charge in [0.15, 0.2) is 0 Å². The zero-order valence-electron chi connectivity index (χ0n) is 18.9. The van der Waals surface area contributed by atoms with Crippen LogP contribution in [0.1, 0.15) is 59.6 Å². The van der Waals surface area contributed by atoms with Crippen LogP contribution in [0.2, 0.25) is 0 Å². The van der Waals surface area contributed by atoms with Crippen molar-refractivity contribution < 1.29 is 37.0 Å². The number of rotatable bonds is 6.